The third kappa shape index (κ3) is 3.27. The fraction of sp³-hybridized carbons (Fsp3) is 0.438. The van der Waals surface area contributed by atoms with E-state index >= 15 is 0 Å². The van der Waals surface area contributed by atoms with Crippen LogP contribution < -0.4 is 5.32 Å². The predicted molar refractivity (Wildman–Crippen MR) is 80.2 cm³/mol. The second-order valence-electron chi connectivity index (χ2n) is 5.97. The maximum atomic E-state index is 13.1. The number of carbonyl (C=O) groups excluding carboxylic acids is 2. The number of nitrogens with one attached hydrogen (secondary N) is 1. The Balaban J connectivity index is 1.68. The van der Waals surface area contributed by atoms with Gasteiger partial charge in [-0.25, -0.2) is 5.01 Å². The van der Waals surface area contributed by atoms with Gasteiger partial charge in [0, 0.05) is 31.8 Å². The van der Waals surface area contributed by atoms with Crippen LogP contribution in [0.1, 0.15) is 36.3 Å². The van der Waals surface area contributed by atoms with Gasteiger partial charge in [-0.3, -0.25) is 9.59 Å². The van der Waals surface area contributed by atoms with Crippen molar-refractivity contribution in [2.75, 3.05) is 7.05 Å². The number of hydrogen-bond donors (Lipinski definition) is 1. The third-order valence-electron chi connectivity index (χ3n) is 4.24. The molecule has 0 bridgehead atoms. The molecule has 1 aliphatic heterocycles. The monoisotopic (exact) mass is 339 g/mol. The zero-order chi connectivity index (χ0) is 17.5. The molecule has 0 saturated heterocycles. The van der Waals surface area contributed by atoms with Crippen molar-refractivity contribution in [3.05, 3.63) is 35.4 Å². The minimum Gasteiger partial charge on any atom is -0.348 e. The number of benzene rings is 1. The molecule has 128 valence electrons. The Kier molecular flexibility index (Phi) is 4.06. The van der Waals surface area contributed by atoms with Crippen LogP contribution in [0.25, 0.3) is 0 Å². The van der Waals surface area contributed by atoms with Crippen molar-refractivity contribution in [2.45, 2.75) is 37.4 Å². The topological polar surface area (TPSA) is 61.8 Å². The summed E-state index contributed by atoms with van der Waals surface area (Å²) >= 11 is 0. The van der Waals surface area contributed by atoms with Crippen LogP contribution in [0.15, 0.2) is 29.4 Å². The molecular formula is C16H16F3N3O2. The van der Waals surface area contributed by atoms with Crippen LogP contribution in [0.5, 0.6) is 0 Å². The first-order valence-electron chi connectivity index (χ1n) is 7.58. The van der Waals surface area contributed by atoms with E-state index in [1.54, 1.807) is 6.07 Å². The molecule has 5 nitrogen and oxygen atoms in total. The Hall–Kier alpha value is -2.38. The van der Waals surface area contributed by atoms with E-state index in [0.29, 0.717) is 6.42 Å². The van der Waals surface area contributed by atoms with Gasteiger partial charge in [-0.15, -0.1) is 0 Å². The number of halogens is 3. The van der Waals surface area contributed by atoms with Gasteiger partial charge in [0.2, 0.25) is 5.91 Å². The lowest BCUT2D eigenvalue weighted by molar-refractivity contribution is -0.138. The molecule has 1 aromatic carbocycles. The quantitative estimate of drug-likeness (QED) is 0.918. The average molecular weight is 339 g/mol. The fourth-order valence-electron chi connectivity index (χ4n) is 2.86. The van der Waals surface area contributed by atoms with Gasteiger partial charge < -0.3 is 5.32 Å². The SMILES string of the molecule is CN1N=C(C(=O)NC2CC2c2ccccc2C(F)(F)F)CCC1=O. The summed E-state index contributed by atoms with van der Waals surface area (Å²) in [6.45, 7) is 0. The van der Waals surface area contributed by atoms with Gasteiger partial charge in [0.25, 0.3) is 5.91 Å². The average Bonchev–Trinajstić information content (AvgIpc) is 3.28. The predicted octanol–water partition coefficient (Wildman–Crippen LogP) is 2.29. The molecule has 2 amide bonds. The lowest BCUT2D eigenvalue weighted by Gasteiger charge is -2.19. The van der Waals surface area contributed by atoms with E-state index in [-0.39, 0.29) is 42.0 Å². The van der Waals surface area contributed by atoms with Crippen LogP contribution in [-0.4, -0.2) is 35.6 Å². The summed E-state index contributed by atoms with van der Waals surface area (Å²) in [5, 5.41) is 7.73. The third-order valence-corrected chi connectivity index (χ3v) is 4.24. The summed E-state index contributed by atoms with van der Waals surface area (Å²) in [5.74, 6) is -0.948. The van der Waals surface area contributed by atoms with Crippen LogP contribution in [-0.2, 0) is 15.8 Å². The van der Waals surface area contributed by atoms with E-state index in [1.807, 2.05) is 0 Å². The van der Waals surface area contributed by atoms with Crippen LogP contribution in [0, 0.1) is 0 Å². The van der Waals surface area contributed by atoms with Gasteiger partial charge in [-0.2, -0.15) is 18.3 Å². The zero-order valence-corrected chi connectivity index (χ0v) is 12.9. The van der Waals surface area contributed by atoms with E-state index < -0.39 is 17.6 Å². The van der Waals surface area contributed by atoms with Crippen molar-refractivity contribution < 1.29 is 22.8 Å². The van der Waals surface area contributed by atoms with Gasteiger partial charge in [-0.1, -0.05) is 18.2 Å². The number of amides is 2. The minimum atomic E-state index is -4.41. The largest absolute Gasteiger partial charge is 0.416 e. The molecule has 1 heterocycles. The molecule has 0 aromatic heterocycles. The second kappa shape index (κ2) is 5.92. The molecule has 0 spiro atoms. The molecule has 1 saturated carbocycles. The van der Waals surface area contributed by atoms with E-state index in [2.05, 4.69) is 10.4 Å². The zero-order valence-electron chi connectivity index (χ0n) is 12.9. The number of hydrazone groups is 1. The number of nitrogens with zero attached hydrogens (tertiary/aromatic N) is 2. The number of hydrogen-bond acceptors (Lipinski definition) is 3. The van der Waals surface area contributed by atoms with Gasteiger partial charge in [0.05, 0.1) is 5.56 Å². The number of carbonyl (C=O) groups is 2. The van der Waals surface area contributed by atoms with Gasteiger partial charge in [0.15, 0.2) is 0 Å². The molecule has 2 unspecified atom stereocenters. The van der Waals surface area contributed by atoms with Gasteiger partial charge >= 0.3 is 6.18 Å². The van der Waals surface area contributed by atoms with E-state index in [9.17, 15) is 22.8 Å². The van der Waals surface area contributed by atoms with Gasteiger partial charge in [-0.05, 0) is 18.1 Å². The Bertz CT molecular complexity index is 715. The lowest BCUT2D eigenvalue weighted by atomic mass is 10.0. The highest BCUT2D eigenvalue weighted by molar-refractivity contribution is 6.39. The van der Waals surface area contributed by atoms with Crippen molar-refractivity contribution in [3.8, 4) is 0 Å². The Morgan fingerprint density at radius 3 is 2.67 bits per heavy atom. The maximum Gasteiger partial charge on any atom is 0.416 e. The van der Waals surface area contributed by atoms with E-state index in [1.165, 1.54) is 19.2 Å². The minimum absolute atomic E-state index is 0.171. The first-order valence-corrected chi connectivity index (χ1v) is 7.58. The van der Waals surface area contributed by atoms with Crippen molar-refractivity contribution in [3.63, 3.8) is 0 Å². The van der Waals surface area contributed by atoms with E-state index in [0.717, 1.165) is 11.1 Å². The lowest BCUT2D eigenvalue weighted by Crippen LogP contribution is -2.38. The van der Waals surface area contributed by atoms with Crippen molar-refractivity contribution in [1.82, 2.24) is 10.3 Å². The second-order valence-corrected chi connectivity index (χ2v) is 5.97. The molecule has 24 heavy (non-hydrogen) atoms. The van der Waals surface area contributed by atoms with Crippen LogP contribution in [0.4, 0.5) is 13.2 Å². The molecule has 3 rings (SSSR count). The summed E-state index contributed by atoms with van der Waals surface area (Å²) in [6.07, 6.45) is -3.51. The molecule has 2 atom stereocenters. The van der Waals surface area contributed by atoms with Crippen molar-refractivity contribution in [1.29, 1.82) is 0 Å². The molecule has 8 heteroatoms. The number of alkyl halides is 3. The maximum absolute atomic E-state index is 13.1. The van der Waals surface area contributed by atoms with Crippen LogP contribution in [0.3, 0.4) is 0 Å². The normalized spacial score (nSPS) is 23.8. The number of rotatable bonds is 3. The molecule has 1 N–H and O–H groups in total. The summed E-state index contributed by atoms with van der Waals surface area (Å²) in [7, 11) is 1.47. The highest BCUT2D eigenvalue weighted by Gasteiger charge is 2.45. The van der Waals surface area contributed by atoms with Crippen LogP contribution >= 0.6 is 0 Å². The molecular weight excluding hydrogens is 323 g/mol. The molecule has 1 aromatic rings. The summed E-state index contributed by atoms with van der Waals surface area (Å²) < 4.78 is 39.2. The Labute approximate surface area is 136 Å². The fourth-order valence-corrected chi connectivity index (χ4v) is 2.86. The molecule has 2 aliphatic rings. The van der Waals surface area contributed by atoms with Crippen molar-refractivity contribution >= 4 is 17.5 Å². The smallest absolute Gasteiger partial charge is 0.348 e. The standard InChI is InChI=1S/C16H16F3N3O2/c1-22-14(23)7-6-12(21-22)15(24)20-13-8-10(13)9-4-2-3-5-11(9)16(17,18)19/h2-5,10,13H,6-8H2,1H3,(H,20,24). The van der Waals surface area contributed by atoms with E-state index in [4.69, 9.17) is 0 Å². The molecule has 1 fully saturated rings. The highest BCUT2D eigenvalue weighted by Crippen LogP contribution is 2.46. The van der Waals surface area contributed by atoms with Gasteiger partial charge in [0.1, 0.15) is 5.71 Å². The van der Waals surface area contributed by atoms with Crippen molar-refractivity contribution in [2.24, 2.45) is 5.10 Å². The highest BCUT2D eigenvalue weighted by atomic mass is 19.4. The summed E-state index contributed by atoms with van der Waals surface area (Å²) in [4.78, 5) is 23.5. The first-order chi connectivity index (χ1) is 11.3. The molecule has 1 aliphatic carbocycles. The van der Waals surface area contributed by atoms with Crippen LogP contribution in [0.2, 0.25) is 0 Å². The first kappa shape index (κ1) is 16.5. The molecule has 0 radical (unpaired) electrons. The Morgan fingerprint density at radius 1 is 1.29 bits per heavy atom. The summed E-state index contributed by atoms with van der Waals surface area (Å²) in [5.41, 5.74) is -0.230. The Morgan fingerprint density at radius 2 is 2.00 bits per heavy atom. The summed E-state index contributed by atoms with van der Waals surface area (Å²) in [6, 6.07) is 5.08.